The highest BCUT2D eigenvalue weighted by Gasteiger charge is 2.31. The lowest BCUT2D eigenvalue weighted by Crippen LogP contribution is -2.33. The molecular weight excluding hydrogens is 405 g/mol. The molecule has 2 N–H and O–H groups in total. The standard InChI is InChI=1S/C20H25F3N4O.ClH/c1-13(2)18(14-5-3-6-15(11-14)20(21,22)23)25-19(28)17-8-10-27(26-17)16-7-4-9-24-12-16;/h3,5-6,8,10-11,13,16,18,24H,4,7,9,12H2,1-2H3,(H,25,28);1H. The molecule has 0 radical (unpaired) electrons. The third-order valence-electron chi connectivity index (χ3n) is 5.01. The molecule has 1 amide bonds. The number of piperidine rings is 1. The molecule has 2 unspecified atom stereocenters. The zero-order valence-electron chi connectivity index (χ0n) is 16.4. The Balaban J connectivity index is 0.00000300. The summed E-state index contributed by atoms with van der Waals surface area (Å²) in [5, 5.41) is 10.5. The number of benzene rings is 1. The summed E-state index contributed by atoms with van der Waals surface area (Å²) < 4.78 is 40.9. The van der Waals surface area contributed by atoms with E-state index in [2.05, 4.69) is 15.7 Å². The number of carbonyl (C=O) groups is 1. The van der Waals surface area contributed by atoms with Crippen LogP contribution in [-0.4, -0.2) is 28.8 Å². The maximum atomic E-state index is 13.0. The van der Waals surface area contributed by atoms with E-state index in [1.165, 1.54) is 6.07 Å². The van der Waals surface area contributed by atoms with Crippen molar-refractivity contribution in [2.75, 3.05) is 13.1 Å². The van der Waals surface area contributed by atoms with Gasteiger partial charge in [0.2, 0.25) is 0 Å². The fourth-order valence-corrected chi connectivity index (χ4v) is 3.48. The zero-order chi connectivity index (χ0) is 20.3. The maximum absolute atomic E-state index is 13.0. The molecule has 1 saturated heterocycles. The average molecular weight is 431 g/mol. The summed E-state index contributed by atoms with van der Waals surface area (Å²) in [5.41, 5.74) is -0.0312. The monoisotopic (exact) mass is 430 g/mol. The minimum Gasteiger partial charge on any atom is -0.344 e. The largest absolute Gasteiger partial charge is 0.416 e. The minimum absolute atomic E-state index is 0. The number of rotatable bonds is 5. The van der Waals surface area contributed by atoms with Crippen LogP contribution in [0.3, 0.4) is 0 Å². The molecule has 2 heterocycles. The van der Waals surface area contributed by atoms with Crippen LogP contribution in [0.4, 0.5) is 13.2 Å². The fourth-order valence-electron chi connectivity index (χ4n) is 3.48. The van der Waals surface area contributed by atoms with Crippen LogP contribution in [-0.2, 0) is 6.18 Å². The molecule has 0 saturated carbocycles. The minimum atomic E-state index is -4.42. The number of hydrogen-bond donors (Lipinski definition) is 2. The third kappa shape index (κ3) is 5.73. The normalized spacial score (nSPS) is 18.2. The number of aromatic nitrogens is 2. The van der Waals surface area contributed by atoms with Crippen LogP contribution in [0, 0.1) is 5.92 Å². The van der Waals surface area contributed by atoms with Crippen LogP contribution in [0.5, 0.6) is 0 Å². The summed E-state index contributed by atoms with van der Waals surface area (Å²) in [5.74, 6) is -0.476. The summed E-state index contributed by atoms with van der Waals surface area (Å²) >= 11 is 0. The zero-order valence-corrected chi connectivity index (χ0v) is 17.2. The van der Waals surface area contributed by atoms with E-state index in [0.717, 1.165) is 38.1 Å². The number of carbonyl (C=O) groups excluding carboxylic acids is 1. The van der Waals surface area contributed by atoms with Gasteiger partial charge in [-0.15, -0.1) is 12.4 Å². The SMILES string of the molecule is CC(C)C(NC(=O)c1ccn(C2CCCNC2)n1)c1cccc(C(F)(F)F)c1.Cl. The van der Waals surface area contributed by atoms with E-state index < -0.39 is 23.7 Å². The maximum Gasteiger partial charge on any atom is 0.416 e. The summed E-state index contributed by atoms with van der Waals surface area (Å²) in [4.78, 5) is 12.7. The summed E-state index contributed by atoms with van der Waals surface area (Å²) in [6.45, 7) is 5.51. The van der Waals surface area contributed by atoms with Crippen molar-refractivity contribution in [3.63, 3.8) is 0 Å². The second kappa shape index (κ2) is 9.63. The highest BCUT2D eigenvalue weighted by Crippen LogP contribution is 2.32. The van der Waals surface area contributed by atoms with Crippen LogP contribution in [0.25, 0.3) is 0 Å². The van der Waals surface area contributed by atoms with Crippen molar-refractivity contribution in [2.24, 2.45) is 5.92 Å². The van der Waals surface area contributed by atoms with Gasteiger partial charge in [-0.3, -0.25) is 9.48 Å². The molecule has 9 heteroatoms. The van der Waals surface area contributed by atoms with E-state index in [9.17, 15) is 18.0 Å². The highest BCUT2D eigenvalue weighted by atomic mass is 35.5. The molecule has 1 aromatic carbocycles. The molecule has 1 aliphatic rings. The molecule has 2 aromatic rings. The Labute approximate surface area is 174 Å². The predicted octanol–water partition coefficient (Wildman–Crippen LogP) is 4.38. The molecule has 0 aliphatic carbocycles. The van der Waals surface area contributed by atoms with Gasteiger partial charge in [-0.1, -0.05) is 26.0 Å². The van der Waals surface area contributed by atoms with Gasteiger partial charge >= 0.3 is 6.18 Å². The molecule has 160 valence electrons. The van der Waals surface area contributed by atoms with Gasteiger partial charge in [0.05, 0.1) is 17.6 Å². The molecule has 2 atom stereocenters. The lowest BCUT2D eigenvalue weighted by Gasteiger charge is -2.24. The van der Waals surface area contributed by atoms with Gasteiger partial charge in [0.15, 0.2) is 0 Å². The lowest BCUT2D eigenvalue weighted by atomic mass is 9.94. The molecule has 0 spiro atoms. The van der Waals surface area contributed by atoms with Crippen LogP contribution in [0.1, 0.15) is 60.4 Å². The third-order valence-corrected chi connectivity index (χ3v) is 5.01. The molecule has 1 aliphatic heterocycles. The van der Waals surface area contributed by atoms with Crippen molar-refractivity contribution < 1.29 is 18.0 Å². The van der Waals surface area contributed by atoms with Gasteiger partial charge in [-0.05, 0) is 49.1 Å². The van der Waals surface area contributed by atoms with Gasteiger partial charge in [0.1, 0.15) is 5.69 Å². The van der Waals surface area contributed by atoms with Gasteiger partial charge in [0.25, 0.3) is 5.91 Å². The first-order chi connectivity index (χ1) is 13.3. The molecule has 0 bridgehead atoms. The fraction of sp³-hybridized carbons (Fsp3) is 0.500. The number of nitrogens with zero attached hydrogens (tertiary/aromatic N) is 2. The summed E-state index contributed by atoms with van der Waals surface area (Å²) in [6, 6.07) is 6.40. The van der Waals surface area contributed by atoms with E-state index in [4.69, 9.17) is 0 Å². The van der Waals surface area contributed by atoms with Crippen LogP contribution >= 0.6 is 12.4 Å². The molecule has 3 rings (SSSR count). The lowest BCUT2D eigenvalue weighted by molar-refractivity contribution is -0.137. The number of alkyl halides is 3. The Hall–Kier alpha value is -2.06. The van der Waals surface area contributed by atoms with Crippen LogP contribution in [0.2, 0.25) is 0 Å². The Morgan fingerprint density at radius 1 is 1.31 bits per heavy atom. The van der Waals surface area contributed by atoms with E-state index in [1.807, 2.05) is 13.8 Å². The molecular formula is C20H26ClF3N4O. The van der Waals surface area contributed by atoms with Crippen molar-refractivity contribution >= 4 is 18.3 Å². The van der Waals surface area contributed by atoms with E-state index in [0.29, 0.717) is 5.56 Å². The van der Waals surface area contributed by atoms with Gasteiger partial charge in [-0.2, -0.15) is 18.3 Å². The first-order valence-corrected chi connectivity index (χ1v) is 9.49. The second-order valence-corrected chi connectivity index (χ2v) is 7.50. The Bertz CT molecular complexity index is 816. The van der Waals surface area contributed by atoms with Gasteiger partial charge in [-0.25, -0.2) is 0 Å². The Morgan fingerprint density at radius 2 is 2.07 bits per heavy atom. The van der Waals surface area contributed by atoms with Gasteiger partial charge in [0, 0.05) is 12.7 Å². The molecule has 1 aromatic heterocycles. The molecule has 29 heavy (non-hydrogen) atoms. The van der Waals surface area contributed by atoms with E-state index in [-0.39, 0.29) is 30.1 Å². The van der Waals surface area contributed by atoms with Crippen LogP contribution in [0.15, 0.2) is 36.5 Å². The van der Waals surface area contributed by atoms with Crippen molar-refractivity contribution in [3.8, 4) is 0 Å². The van der Waals surface area contributed by atoms with Crippen LogP contribution < -0.4 is 10.6 Å². The van der Waals surface area contributed by atoms with Crippen molar-refractivity contribution in [3.05, 3.63) is 53.3 Å². The predicted molar refractivity (Wildman–Crippen MR) is 107 cm³/mol. The first-order valence-electron chi connectivity index (χ1n) is 9.49. The number of halogens is 4. The van der Waals surface area contributed by atoms with E-state index in [1.54, 1.807) is 23.0 Å². The van der Waals surface area contributed by atoms with Crippen molar-refractivity contribution in [1.29, 1.82) is 0 Å². The summed E-state index contributed by atoms with van der Waals surface area (Å²) in [7, 11) is 0. The molecule has 5 nitrogen and oxygen atoms in total. The van der Waals surface area contributed by atoms with Crippen molar-refractivity contribution in [1.82, 2.24) is 20.4 Å². The van der Waals surface area contributed by atoms with Gasteiger partial charge < -0.3 is 10.6 Å². The second-order valence-electron chi connectivity index (χ2n) is 7.50. The summed E-state index contributed by atoms with van der Waals surface area (Å²) in [6.07, 6.45) is -0.596. The smallest absolute Gasteiger partial charge is 0.344 e. The van der Waals surface area contributed by atoms with E-state index >= 15 is 0 Å². The number of hydrogen-bond acceptors (Lipinski definition) is 3. The Morgan fingerprint density at radius 3 is 2.69 bits per heavy atom. The topological polar surface area (TPSA) is 59.0 Å². The Kier molecular flexibility index (Phi) is 7.71. The quantitative estimate of drug-likeness (QED) is 0.740. The molecule has 1 fully saturated rings. The average Bonchev–Trinajstić information content (AvgIpc) is 3.16. The number of amides is 1. The first kappa shape index (κ1) is 23.2. The highest BCUT2D eigenvalue weighted by molar-refractivity contribution is 5.92. The number of nitrogens with one attached hydrogen (secondary N) is 2. The van der Waals surface area contributed by atoms with Crippen molar-refractivity contribution in [2.45, 2.75) is 44.9 Å².